The van der Waals surface area contributed by atoms with Gasteiger partial charge in [0.1, 0.15) is 0 Å². The summed E-state index contributed by atoms with van der Waals surface area (Å²) in [5, 5.41) is 11.0. The maximum atomic E-state index is 11.0. The molecule has 0 N–H and O–H groups in total. The molecule has 2 heteroatoms. The second-order valence-corrected chi connectivity index (χ2v) is 3.30. The summed E-state index contributed by atoms with van der Waals surface area (Å²) in [6, 6.07) is 0. The minimum Gasteiger partial charge on any atom is -0.349 e. The van der Waals surface area contributed by atoms with Crippen molar-refractivity contribution in [2.24, 2.45) is 5.92 Å². The second kappa shape index (κ2) is 6.62. The van der Waals surface area contributed by atoms with Crippen molar-refractivity contribution in [3.8, 4) is 0 Å². The van der Waals surface area contributed by atoms with Gasteiger partial charge >= 0.3 is 0 Å². The zero-order valence-electron chi connectivity index (χ0n) is 7.80. The Labute approximate surface area is 69.6 Å². The molecule has 0 fully saturated rings. The molecule has 0 aliphatic rings. The molecule has 0 aromatic carbocycles. The van der Waals surface area contributed by atoms with Gasteiger partial charge in [0.25, 0.3) is 0 Å². The zero-order chi connectivity index (χ0) is 8.69. The van der Waals surface area contributed by atoms with Crippen molar-refractivity contribution in [3.05, 3.63) is 0 Å². The Morgan fingerprint density at radius 3 is 2.45 bits per heavy atom. The van der Waals surface area contributed by atoms with Crippen LogP contribution in [0.5, 0.6) is 0 Å². The molecule has 0 aromatic rings. The van der Waals surface area contributed by atoms with Crippen LogP contribution in [0.3, 0.4) is 0 Å². The topological polar surface area (TPSA) is 29.1 Å². The number of ether oxygens (including phenoxy) is 1. The fraction of sp³-hybridized carbons (Fsp3) is 1.00. The first-order chi connectivity index (χ1) is 5.16. The molecule has 0 aliphatic heterocycles. The third-order valence-corrected chi connectivity index (χ3v) is 1.41. The Balaban J connectivity index is 3.15. The molecule has 0 aromatic heterocycles. The van der Waals surface area contributed by atoms with Gasteiger partial charge in [0.05, 0.1) is 6.61 Å². The summed E-state index contributed by atoms with van der Waals surface area (Å²) in [6.07, 6.45) is 1.91. The molecule has 0 bridgehead atoms. The Bertz CT molecular complexity index is 81.6. The van der Waals surface area contributed by atoms with E-state index in [0.717, 1.165) is 12.8 Å². The van der Waals surface area contributed by atoms with Crippen LogP contribution in [-0.4, -0.2) is 12.9 Å². The minimum atomic E-state index is -0.794. The average Bonchev–Trinajstić information content (AvgIpc) is 1.97. The minimum absolute atomic E-state index is 0.466. The zero-order valence-corrected chi connectivity index (χ0v) is 7.80. The Hall–Kier alpha value is -0.0800. The predicted molar refractivity (Wildman–Crippen MR) is 44.8 cm³/mol. The molecule has 1 radical (unpaired) electrons. The molecular formula is C9H19O2. The summed E-state index contributed by atoms with van der Waals surface area (Å²) in [7, 11) is 0. The lowest BCUT2D eigenvalue weighted by Gasteiger charge is -2.10. The van der Waals surface area contributed by atoms with E-state index in [2.05, 4.69) is 6.92 Å². The summed E-state index contributed by atoms with van der Waals surface area (Å²) < 4.78 is 5.05. The van der Waals surface area contributed by atoms with Crippen LogP contribution in [0.4, 0.5) is 0 Å². The quantitative estimate of drug-likeness (QED) is 0.548. The maximum Gasteiger partial charge on any atom is 0.191 e. The van der Waals surface area contributed by atoms with E-state index in [4.69, 9.17) is 4.74 Å². The molecule has 1 unspecified atom stereocenters. The van der Waals surface area contributed by atoms with Crippen molar-refractivity contribution < 1.29 is 9.84 Å². The van der Waals surface area contributed by atoms with Gasteiger partial charge in [0, 0.05) is 6.42 Å². The Morgan fingerprint density at radius 1 is 1.36 bits per heavy atom. The highest BCUT2D eigenvalue weighted by atomic mass is 16.6. The van der Waals surface area contributed by atoms with Crippen LogP contribution in [0.15, 0.2) is 0 Å². The summed E-state index contributed by atoms with van der Waals surface area (Å²) in [5.74, 6) is 0.466. The second-order valence-electron chi connectivity index (χ2n) is 3.30. The standard InChI is InChI=1S/C9H19O2/c1-4-5-6-9(10)11-7-8(2)3/h8-9H,4-7H2,1-3H3. The SMILES string of the molecule is CCCCC([O])OCC(C)C. The number of hydrogen-bond donors (Lipinski definition) is 0. The van der Waals surface area contributed by atoms with Gasteiger partial charge < -0.3 is 4.74 Å². The number of unbranched alkanes of at least 4 members (excludes halogenated alkanes) is 1. The van der Waals surface area contributed by atoms with E-state index in [1.165, 1.54) is 0 Å². The lowest BCUT2D eigenvalue weighted by Crippen LogP contribution is -2.13. The van der Waals surface area contributed by atoms with E-state index in [1.807, 2.05) is 13.8 Å². The summed E-state index contributed by atoms with van der Waals surface area (Å²) >= 11 is 0. The van der Waals surface area contributed by atoms with Crippen LogP contribution in [0.1, 0.15) is 40.0 Å². The van der Waals surface area contributed by atoms with Crippen molar-refractivity contribution in [2.45, 2.75) is 46.3 Å². The predicted octanol–water partition coefficient (Wildman–Crippen LogP) is 2.61. The molecule has 0 saturated heterocycles. The summed E-state index contributed by atoms with van der Waals surface area (Å²) in [4.78, 5) is 0. The monoisotopic (exact) mass is 159 g/mol. The van der Waals surface area contributed by atoms with Gasteiger partial charge in [-0.1, -0.05) is 27.2 Å². The molecule has 0 aliphatic carbocycles. The fourth-order valence-corrected chi connectivity index (χ4v) is 0.754. The number of rotatable bonds is 6. The van der Waals surface area contributed by atoms with Crippen LogP contribution >= 0.6 is 0 Å². The van der Waals surface area contributed by atoms with Crippen LogP contribution in [0.2, 0.25) is 0 Å². The van der Waals surface area contributed by atoms with Crippen molar-refractivity contribution in [3.63, 3.8) is 0 Å². The molecular weight excluding hydrogens is 140 g/mol. The van der Waals surface area contributed by atoms with E-state index in [1.54, 1.807) is 0 Å². The van der Waals surface area contributed by atoms with E-state index in [9.17, 15) is 5.11 Å². The highest BCUT2D eigenvalue weighted by Gasteiger charge is 2.05. The van der Waals surface area contributed by atoms with Crippen LogP contribution in [0.25, 0.3) is 0 Å². The van der Waals surface area contributed by atoms with Gasteiger partial charge in [0.15, 0.2) is 6.29 Å². The third kappa shape index (κ3) is 7.82. The van der Waals surface area contributed by atoms with Gasteiger partial charge in [-0.15, -0.1) is 0 Å². The lowest BCUT2D eigenvalue weighted by molar-refractivity contribution is -0.149. The van der Waals surface area contributed by atoms with E-state index >= 15 is 0 Å². The Kier molecular flexibility index (Phi) is 6.57. The van der Waals surface area contributed by atoms with Crippen molar-refractivity contribution in [1.82, 2.24) is 0 Å². The molecule has 0 spiro atoms. The Morgan fingerprint density at radius 2 is 2.00 bits per heavy atom. The molecule has 0 saturated carbocycles. The highest BCUT2D eigenvalue weighted by Crippen LogP contribution is 2.04. The first-order valence-corrected chi connectivity index (χ1v) is 4.44. The van der Waals surface area contributed by atoms with Gasteiger partial charge in [-0.3, -0.25) is 0 Å². The molecule has 1 atom stereocenters. The summed E-state index contributed by atoms with van der Waals surface area (Å²) in [5.41, 5.74) is 0. The average molecular weight is 159 g/mol. The van der Waals surface area contributed by atoms with Gasteiger partial charge in [-0.2, -0.15) is 0 Å². The van der Waals surface area contributed by atoms with Gasteiger partial charge in [-0.05, 0) is 12.3 Å². The van der Waals surface area contributed by atoms with Gasteiger partial charge in [0.2, 0.25) is 0 Å². The molecule has 2 nitrogen and oxygen atoms in total. The molecule has 11 heavy (non-hydrogen) atoms. The molecule has 0 heterocycles. The summed E-state index contributed by atoms with van der Waals surface area (Å²) in [6.45, 7) is 6.77. The molecule has 67 valence electrons. The smallest absolute Gasteiger partial charge is 0.191 e. The van der Waals surface area contributed by atoms with Crippen molar-refractivity contribution in [2.75, 3.05) is 6.61 Å². The largest absolute Gasteiger partial charge is 0.349 e. The van der Waals surface area contributed by atoms with E-state index in [0.29, 0.717) is 18.9 Å². The van der Waals surface area contributed by atoms with Crippen molar-refractivity contribution >= 4 is 0 Å². The highest BCUT2D eigenvalue weighted by molar-refractivity contribution is 4.44. The first-order valence-electron chi connectivity index (χ1n) is 4.44. The molecule has 0 amide bonds. The van der Waals surface area contributed by atoms with Gasteiger partial charge in [-0.25, -0.2) is 5.11 Å². The van der Waals surface area contributed by atoms with E-state index < -0.39 is 6.29 Å². The van der Waals surface area contributed by atoms with Crippen LogP contribution in [-0.2, 0) is 9.84 Å². The van der Waals surface area contributed by atoms with E-state index in [-0.39, 0.29) is 0 Å². The third-order valence-electron chi connectivity index (χ3n) is 1.41. The lowest BCUT2D eigenvalue weighted by atomic mass is 10.2. The van der Waals surface area contributed by atoms with Crippen LogP contribution < -0.4 is 0 Å². The fourth-order valence-electron chi connectivity index (χ4n) is 0.754. The normalized spacial score (nSPS) is 13.9. The maximum absolute atomic E-state index is 11.0. The van der Waals surface area contributed by atoms with Crippen molar-refractivity contribution in [1.29, 1.82) is 0 Å². The first kappa shape index (κ1) is 10.9. The molecule has 0 rings (SSSR count). The van der Waals surface area contributed by atoms with Crippen LogP contribution in [0, 0.1) is 5.92 Å². The number of hydrogen-bond acceptors (Lipinski definition) is 1.